The Hall–Kier alpha value is -3.22. The Morgan fingerprint density at radius 1 is 1.32 bits per heavy atom. The van der Waals surface area contributed by atoms with Crippen molar-refractivity contribution < 1.29 is 9.90 Å². The molecule has 0 unspecified atom stereocenters. The van der Waals surface area contributed by atoms with E-state index in [4.69, 9.17) is 5.11 Å². The Kier molecular flexibility index (Phi) is 3.30. The highest BCUT2D eigenvalue weighted by Gasteiger charge is 2.12. The number of rotatable bonds is 3. The summed E-state index contributed by atoms with van der Waals surface area (Å²) in [7, 11) is 0. The Bertz CT molecular complexity index is 869. The number of benzene rings is 1. The SMILES string of the molecule is Cc1[nH]n(-c2ccc(C(=O)O)cc2)c(=O)c1/C=C1\C=CN=N1. The van der Waals surface area contributed by atoms with Crippen molar-refractivity contribution in [3.05, 3.63) is 69.4 Å². The van der Waals surface area contributed by atoms with E-state index in [2.05, 4.69) is 15.3 Å². The fourth-order valence-electron chi connectivity index (χ4n) is 2.13. The summed E-state index contributed by atoms with van der Waals surface area (Å²) in [5.74, 6) is -1.01. The third-order valence-electron chi connectivity index (χ3n) is 3.27. The van der Waals surface area contributed by atoms with Crippen LogP contribution in [-0.4, -0.2) is 20.9 Å². The molecular formula is C15H12N4O3. The van der Waals surface area contributed by atoms with Crippen molar-refractivity contribution in [2.24, 2.45) is 10.2 Å². The summed E-state index contributed by atoms with van der Waals surface area (Å²) in [5.41, 5.74) is 2.28. The number of carbonyl (C=O) groups is 1. The van der Waals surface area contributed by atoms with Crippen LogP contribution < -0.4 is 5.56 Å². The normalized spacial score (nSPS) is 14.9. The first-order valence-corrected chi connectivity index (χ1v) is 6.51. The van der Waals surface area contributed by atoms with Gasteiger partial charge in [0, 0.05) is 5.69 Å². The van der Waals surface area contributed by atoms with Gasteiger partial charge in [0.1, 0.15) is 0 Å². The zero-order valence-electron chi connectivity index (χ0n) is 11.6. The minimum absolute atomic E-state index is 0.166. The van der Waals surface area contributed by atoms with Crippen molar-refractivity contribution in [3.63, 3.8) is 0 Å². The number of aromatic carboxylic acids is 1. The van der Waals surface area contributed by atoms with Crippen LogP contribution in [0.4, 0.5) is 0 Å². The predicted octanol–water partition coefficient (Wildman–Crippen LogP) is 2.49. The van der Waals surface area contributed by atoms with Gasteiger partial charge in [-0.1, -0.05) is 0 Å². The summed E-state index contributed by atoms with van der Waals surface area (Å²) in [6.45, 7) is 1.78. The summed E-state index contributed by atoms with van der Waals surface area (Å²) in [6, 6.07) is 6.05. The van der Waals surface area contributed by atoms with Crippen molar-refractivity contribution in [3.8, 4) is 5.69 Å². The molecule has 0 amide bonds. The standard InChI is InChI=1S/C15H12N4O3/c1-9-13(8-11-6-7-16-17-11)14(20)19(18-9)12-4-2-10(3-5-12)15(21)22/h2-8,18H,1H3,(H,21,22)/b11-8+. The molecule has 2 N–H and O–H groups in total. The van der Waals surface area contributed by atoms with Gasteiger partial charge in [0.2, 0.25) is 0 Å². The van der Waals surface area contributed by atoms with Crippen molar-refractivity contribution in [2.45, 2.75) is 6.92 Å². The molecule has 1 aliphatic heterocycles. The molecule has 2 heterocycles. The van der Waals surface area contributed by atoms with E-state index >= 15 is 0 Å². The van der Waals surface area contributed by atoms with Crippen molar-refractivity contribution >= 4 is 12.0 Å². The maximum atomic E-state index is 12.5. The topological polar surface area (TPSA) is 99.8 Å². The maximum Gasteiger partial charge on any atom is 0.335 e. The summed E-state index contributed by atoms with van der Waals surface area (Å²) in [4.78, 5) is 23.3. The van der Waals surface area contributed by atoms with Gasteiger partial charge in [-0.05, 0) is 43.3 Å². The molecule has 0 aliphatic carbocycles. The van der Waals surface area contributed by atoms with Gasteiger partial charge in [0.15, 0.2) is 0 Å². The Labute approximate surface area is 124 Å². The second-order valence-electron chi connectivity index (χ2n) is 4.74. The van der Waals surface area contributed by atoms with Gasteiger partial charge in [0.25, 0.3) is 5.56 Å². The quantitative estimate of drug-likeness (QED) is 0.910. The number of carboxylic acid groups (broad SMARTS) is 1. The van der Waals surface area contributed by atoms with Gasteiger partial charge in [-0.25, -0.2) is 9.48 Å². The zero-order chi connectivity index (χ0) is 15.7. The molecule has 0 saturated carbocycles. The van der Waals surface area contributed by atoms with Crippen LogP contribution in [0.1, 0.15) is 21.6 Å². The fraction of sp³-hybridized carbons (Fsp3) is 0.0667. The van der Waals surface area contributed by atoms with Crippen LogP contribution in [0.3, 0.4) is 0 Å². The highest BCUT2D eigenvalue weighted by Crippen LogP contribution is 2.15. The molecule has 1 aromatic carbocycles. The van der Waals surface area contributed by atoms with Crippen molar-refractivity contribution in [2.75, 3.05) is 0 Å². The number of hydrogen-bond donors (Lipinski definition) is 2. The lowest BCUT2D eigenvalue weighted by Gasteiger charge is -2.01. The van der Waals surface area contributed by atoms with Gasteiger partial charge in [-0.3, -0.25) is 9.89 Å². The summed E-state index contributed by atoms with van der Waals surface area (Å²) in [5, 5.41) is 19.5. The van der Waals surface area contributed by atoms with E-state index in [1.807, 2.05) is 0 Å². The first kappa shape index (κ1) is 13.7. The second kappa shape index (κ2) is 5.28. The molecule has 2 aromatic rings. The molecule has 0 fully saturated rings. The van der Waals surface area contributed by atoms with Gasteiger partial charge in [-0.15, -0.1) is 0 Å². The van der Waals surface area contributed by atoms with Crippen LogP contribution in [0.15, 0.2) is 57.3 Å². The average Bonchev–Trinajstić information content (AvgIpc) is 3.11. The van der Waals surface area contributed by atoms with Gasteiger partial charge >= 0.3 is 5.97 Å². The van der Waals surface area contributed by atoms with Crippen molar-refractivity contribution in [1.29, 1.82) is 0 Å². The number of aromatic nitrogens is 2. The third kappa shape index (κ3) is 2.39. The first-order chi connectivity index (χ1) is 10.6. The van der Waals surface area contributed by atoms with Crippen LogP contribution in [-0.2, 0) is 0 Å². The molecule has 0 radical (unpaired) electrons. The second-order valence-corrected chi connectivity index (χ2v) is 4.74. The third-order valence-corrected chi connectivity index (χ3v) is 3.27. The van der Waals surface area contributed by atoms with E-state index in [0.717, 1.165) is 0 Å². The number of allylic oxidation sites excluding steroid dienone is 1. The van der Waals surface area contributed by atoms with Crippen molar-refractivity contribution in [1.82, 2.24) is 9.78 Å². The number of aromatic amines is 1. The highest BCUT2D eigenvalue weighted by molar-refractivity contribution is 5.87. The average molecular weight is 296 g/mol. The minimum Gasteiger partial charge on any atom is -0.478 e. The van der Waals surface area contributed by atoms with Gasteiger partial charge in [0.05, 0.1) is 28.7 Å². The van der Waals surface area contributed by atoms with E-state index in [9.17, 15) is 9.59 Å². The lowest BCUT2D eigenvalue weighted by molar-refractivity contribution is 0.0697. The smallest absolute Gasteiger partial charge is 0.335 e. The first-order valence-electron chi connectivity index (χ1n) is 6.51. The number of aryl methyl sites for hydroxylation is 1. The largest absolute Gasteiger partial charge is 0.478 e. The molecule has 22 heavy (non-hydrogen) atoms. The van der Waals surface area contributed by atoms with E-state index < -0.39 is 5.97 Å². The number of azo groups is 1. The van der Waals surface area contributed by atoms with Crippen LogP contribution in [0, 0.1) is 6.92 Å². The van der Waals surface area contributed by atoms with E-state index in [-0.39, 0.29) is 11.1 Å². The molecule has 110 valence electrons. The lowest BCUT2D eigenvalue weighted by atomic mass is 10.2. The molecule has 1 aromatic heterocycles. The number of carboxylic acids is 1. The molecule has 7 heteroatoms. The Balaban J connectivity index is 2.04. The molecule has 3 rings (SSSR count). The molecule has 0 saturated heterocycles. The Morgan fingerprint density at radius 3 is 2.64 bits per heavy atom. The lowest BCUT2D eigenvalue weighted by Crippen LogP contribution is -2.16. The zero-order valence-corrected chi connectivity index (χ0v) is 11.6. The summed E-state index contributed by atoms with van der Waals surface area (Å²) < 4.78 is 1.36. The number of nitrogens with zero attached hydrogens (tertiary/aromatic N) is 3. The number of hydrogen-bond acceptors (Lipinski definition) is 4. The Morgan fingerprint density at radius 2 is 2.05 bits per heavy atom. The molecule has 0 atom stereocenters. The van der Waals surface area contributed by atoms with Crippen LogP contribution in [0.5, 0.6) is 0 Å². The number of nitrogens with one attached hydrogen (secondary N) is 1. The minimum atomic E-state index is -1.01. The molecule has 0 spiro atoms. The van der Waals surface area contributed by atoms with Gasteiger partial charge in [-0.2, -0.15) is 10.2 Å². The van der Waals surface area contributed by atoms with Crippen LogP contribution >= 0.6 is 0 Å². The van der Waals surface area contributed by atoms with Gasteiger partial charge < -0.3 is 5.11 Å². The maximum absolute atomic E-state index is 12.5. The monoisotopic (exact) mass is 296 g/mol. The summed E-state index contributed by atoms with van der Waals surface area (Å²) in [6.07, 6.45) is 4.91. The van der Waals surface area contributed by atoms with E-state index in [1.165, 1.54) is 16.8 Å². The van der Waals surface area contributed by atoms with Crippen LogP contribution in [0.2, 0.25) is 0 Å². The molecule has 0 bridgehead atoms. The highest BCUT2D eigenvalue weighted by atomic mass is 16.4. The van der Waals surface area contributed by atoms with E-state index in [0.29, 0.717) is 22.6 Å². The number of H-pyrrole nitrogens is 1. The molecule has 1 aliphatic rings. The fourth-order valence-corrected chi connectivity index (χ4v) is 2.13. The molecular weight excluding hydrogens is 284 g/mol. The van der Waals surface area contributed by atoms with Crippen LogP contribution in [0.25, 0.3) is 11.8 Å². The molecule has 7 nitrogen and oxygen atoms in total. The van der Waals surface area contributed by atoms with E-state index in [1.54, 1.807) is 37.4 Å². The predicted molar refractivity (Wildman–Crippen MR) is 80.1 cm³/mol. The summed E-state index contributed by atoms with van der Waals surface area (Å²) >= 11 is 0.